The highest BCUT2D eigenvalue weighted by molar-refractivity contribution is 5.82. The van der Waals surface area contributed by atoms with Crippen molar-refractivity contribution in [3.63, 3.8) is 0 Å². The zero-order valence-corrected chi connectivity index (χ0v) is 26.7. The van der Waals surface area contributed by atoms with E-state index >= 15 is 0 Å². The van der Waals surface area contributed by atoms with Crippen molar-refractivity contribution < 1.29 is 24.1 Å². The van der Waals surface area contributed by atoms with Gasteiger partial charge in [-0.1, -0.05) is 112 Å². The van der Waals surface area contributed by atoms with Gasteiger partial charge in [-0.25, -0.2) is 0 Å². The predicted molar refractivity (Wildman–Crippen MR) is 181 cm³/mol. The predicted octanol–water partition coefficient (Wildman–Crippen LogP) is 8.77. The van der Waals surface area contributed by atoms with Crippen molar-refractivity contribution in [3.05, 3.63) is 113 Å². The summed E-state index contributed by atoms with van der Waals surface area (Å²) < 4.78 is 17.4. The van der Waals surface area contributed by atoms with Crippen LogP contribution in [0, 0.1) is 5.92 Å². The van der Waals surface area contributed by atoms with E-state index in [0.717, 1.165) is 42.6 Å². The number of aliphatic carboxylic acids is 1. The molecule has 4 aromatic rings. The van der Waals surface area contributed by atoms with Crippen molar-refractivity contribution >= 4 is 5.97 Å². The number of rotatable bonds is 15. The molecule has 0 saturated carbocycles. The van der Waals surface area contributed by atoms with Gasteiger partial charge in [0.25, 0.3) is 0 Å². The van der Waals surface area contributed by atoms with Crippen LogP contribution >= 0.6 is 0 Å². The lowest BCUT2D eigenvalue weighted by Crippen LogP contribution is -2.15. The first kappa shape index (κ1) is 32.5. The van der Waals surface area contributed by atoms with E-state index in [-0.39, 0.29) is 6.42 Å². The lowest BCUT2D eigenvalue weighted by molar-refractivity contribution is -0.136. The Bertz CT molecular complexity index is 1510. The molecule has 1 unspecified atom stereocenters. The van der Waals surface area contributed by atoms with Crippen LogP contribution in [0.2, 0.25) is 0 Å². The summed E-state index contributed by atoms with van der Waals surface area (Å²) in [5.41, 5.74) is 11.1. The molecule has 0 aromatic heterocycles. The van der Waals surface area contributed by atoms with Crippen LogP contribution in [0.3, 0.4) is 0 Å². The van der Waals surface area contributed by atoms with Gasteiger partial charge in [0.05, 0.1) is 26.2 Å². The lowest BCUT2D eigenvalue weighted by Gasteiger charge is -2.16. The van der Waals surface area contributed by atoms with Crippen molar-refractivity contribution in [2.24, 2.45) is 5.92 Å². The molecule has 2 aliphatic carbocycles. The number of unbranched alkanes of at least 4 members (excludes halogenated alkanes) is 1. The van der Waals surface area contributed by atoms with E-state index in [9.17, 15) is 9.90 Å². The molecule has 0 fully saturated rings. The Kier molecular flexibility index (Phi) is 11.8. The van der Waals surface area contributed by atoms with Gasteiger partial charge in [0, 0.05) is 12.2 Å². The smallest absolute Gasteiger partial charge is 0.307 e. The van der Waals surface area contributed by atoms with Gasteiger partial charge >= 0.3 is 5.97 Å². The maximum Gasteiger partial charge on any atom is 0.307 e. The minimum Gasteiger partial charge on any atom is -0.491 e. The molecule has 0 saturated heterocycles. The molecule has 0 radical (unpaired) electrons. The molecule has 4 aromatic carbocycles. The van der Waals surface area contributed by atoms with Gasteiger partial charge in [-0.3, -0.25) is 4.79 Å². The van der Waals surface area contributed by atoms with Crippen LogP contribution in [0.1, 0.15) is 67.3 Å². The molecular formula is C40H46O5. The Balaban J connectivity index is 0.000000252. The Morgan fingerprint density at radius 3 is 1.91 bits per heavy atom. The zero-order valence-electron chi connectivity index (χ0n) is 26.7. The molecule has 1 atom stereocenters. The molecular weight excluding hydrogens is 560 g/mol. The van der Waals surface area contributed by atoms with E-state index in [1.54, 1.807) is 0 Å². The first-order valence-corrected chi connectivity index (χ1v) is 16.5. The second-order valence-electron chi connectivity index (χ2n) is 11.9. The molecule has 5 heteroatoms. The number of hydrogen-bond acceptors (Lipinski definition) is 4. The van der Waals surface area contributed by atoms with Gasteiger partial charge in [0.1, 0.15) is 12.4 Å². The fourth-order valence-corrected chi connectivity index (χ4v) is 6.39. The Hall–Kier alpha value is -3.93. The van der Waals surface area contributed by atoms with Crippen LogP contribution < -0.4 is 4.74 Å². The quantitative estimate of drug-likeness (QED) is 0.118. The second kappa shape index (κ2) is 16.4. The van der Waals surface area contributed by atoms with Crippen LogP contribution in [-0.2, 0) is 33.5 Å². The molecule has 0 heterocycles. The van der Waals surface area contributed by atoms with Crippen LogP contribution in [0.5, 0.6) is 5.75 Å². The molecule has 0 aliphatic heterocycles. The second-order valence-corrected chi connectivity index (χ2v) is 11.9. The van der Waals surface area contributed by atoms with E-state index in [1.165, 1.54) is 52.6 Å². The summed E-state index contributed by atoms with van der Waals surface area (Å²) >= 11 is 0. The number of carboxylic acid groups (broad SMARTS) is 1. The number of carboxylic acids is 1. The fourth-order valence-electron chi connectivity index (χ4n) is 6.39. The minimum absolute atomic E-state index is 0.0438. The number of ether oxygens (including phenoxy) is 3. The first-order chi connectivity index (χ1) is 22.1. The first-order valence-electron chi connectivity index (χ1n) is 16.5. The topological polar surface area (TPSA) is 65.0 Å². The van der Waals surface area contributed by atoms with Crippen LogP contribution in [-0.4, -0.2) is 44.1 Å². The molecule has 2 aliphatic rings. The molecule has 5 nitrogen and oxygen atoms in total. The highest BCUT2D eigenvalue weighted by Crippen LogP contribution is 2.41. The van der Waals surface area contributed by atoms with Crippen molar-refractivity contribution in [1.82, 2.24) is 0 Å². The third-order valence-electron chi connectivity index (χ3n) is 8.85. The highest BCUT2D eigenvalue weighted by Gasteiger charge is 2.24. The monoisotopic (exact) mass is 606 g/mol. The zero-order chi connectivity index (χ0) is 31.4. The highest BCUT2D eigenvalue weighted by atomic mass is 16.5. The lowest BCUT2D eigenvalue weighted by atomic mass is 9.98. The van der Waals surface area contributed by atoms with Crippen molar-refractivity contribution in [1.29, 1.82) is 0 Å². The van der Waals surface area contributed by atoms with Crippen molar-refractivity contribution in [2.75, 3.05) is 33.0 Å². The summed E-state index contributed by atoms with van der Waals surface area (Å²) in [7, 11) is 0. The molecule has 6 rings (SSSR count). The molecule has 45 heavy (non-hydrogen) atoms. The van der Waals surface area contributed by atoms with Crippen LogP contribution in [0.25, 0.3) is 22.3 Å². The van der Waals surface area contributed by atoms with Crippen molar-refractivity contribution in [2.45, 2.75) is 58.8 Å². The summed E-state index contributed by atoms with van der Waals surface area (Å²) in [6.45, 7) is 7.18. The largest absolute Gasteiger partial charge is 0.491 e. The normalized spacial score (nSPS) is 12.8. The van der Waals surface area contributed by atoms with Crippen molar-refractivity contribution in [3.8, 4) is 28.0 Å². The summed E-state index contributed by atoms with van der Waals surface area (Å²) in [5, 5.41) is 9.44. The van der Waals surface area contributed by atoms with Gasteiger partial charge in [0.15, 0.2) is 0 Å². The molecule has 0 bridgehead atoms. The average Bonchev–Trinajstić information content (AvgIpc) is 3.63. The maximum absolute atomic E-state index is 11.5. The third kappa shape index (κ3) is 8.42. The number of hydrogen-bond donors (Lipinski definition) is 1. The van der Waals surface area contributed by atoms with Gasteiger partial charge < -0.3 is 19.3 Å². The summed E-state index contributed by atoms with van der Waals surface area (Å²) in [6.07, 6.45) is 6.67. The van der Waals surface area contributed by atoms with Gasteiger partial charge in [-0.05, 0) is 75.8 Å². The molecule has 0 spiro atoms. The maximum atomic E-state index is 11.5. The summed E-state index contributed by atoms with van der Waals surface area (Å²) in [5.74, 6) is 0.425. The number of benzene rings is 4. The van der Waals surface area contributed by atoms with E-state index in [1.807, 2.05) is 24.3 Å². The Morgan fingerprint density at radius 2 is 1.29 bits per heavy atom. The standard InChI is InChI=1S/C27H36O5.C13H10/c1-3-5-8-20(4-2)19-31-14-13-30-15-16-32-26-12-11-23-22-10-7-6-9-21(22)17-24(23)25(26)18-27(28)29;1-3-7-12-10(5-1)9-11-6-2-4-8-13(11)12/h6-7,9-12,20H,3-5,8,13-19H2,1-2H3,(H,28,29);1-8H,9H2. The van der Waals surface area contributed by atoms with Gasteiger partial charge in [0.2, 0.25) is 0 Å². The Labute approximate surface area is 268 Å². The number of fused-ring (bicyclic) bond motifs is 6. The average molecular weight is 607 g/mol. The SMILES string of the molecule is CCCCC(CC)COCCOCCOc1ccc2c(c1CC(=O)O)Cc1ccccc1-2.c1ccc2c(c1)Cc1ccccc1-2. The van der Waals surface area contributed by atoms with E-state index in [0.29, 0.717) is 38.1 Å². The van der Waals surface area contributed by atoms with E-state index in [4.69, 9.17) is 14.2 Å². The van der Waals surface area contributed by atoms with Gasteiger partial charge in [-0.15, -0.1) is 0 Å². The van der Waals surface area contributed by atoms with Gasteiger partial charge in [-0.2, -0.15) is 0 Å². The third-order valence-corrected chi connectivity index (χ3v) is 8.85. The number of carbonyl (C=O) groups is 1. The minimum atomic E-state index is -0.850. The van der Waals surface area contributed by atoms with Crippen LogP contribution in [0.15, 0.2) is 84.9 Å². The summed E-state index contributed by atoms with van der Waals surface area (Å²) in [4.78, 5) is 11.5. The molecule has 0 amide bonds. The van der Waals surface area contributed by atoms with E-state index < -0.39 is 5.97 Å². The van der Waals surface area contributed by atoms with E-state index in [2.05, 4.69) is 74.5 Å². The Morgan fingerprint density at radius 1 is 0.711 bits per heavy atom. The molecule has 236 valence electrons. The fraction of sp³-hybridized carbons (Fsp3) is 0.375. The molecule has 1 N–H and O–H groups in total. The summed E-state index contributed by atoms with van der Waals surface area (Å²) in [6, 6.07) is 29.5. The van der Waals surface area contributed by atoms with Crippen LogP contribution in [0.4, 0.5) is 0 Å².